The van der Waals surface area contributed by atoms with Crippen LogP contribution in [0.3, 0.4) is 0 Å². The Morgan fingerprint density at radius 2 is 1.09 bits per heavy atom. The Labute approximate surface area is 135 Å². The van der Waals surface area contributed by atoms with Crippen LogP contribution >= 0.6 is 0 Å². The Morgan fingerprint density at radius 3 is 1.43 bits per heavy atom. The third kappa shape index (κ3) is 2.01. The number of benzene rings is 2. The number of rotatable bonds is 4. The highest BCUT2D eigenvalue weighted by Gasteiger charge is 2.51. The molecule has 2 aromatic rings. The molecular weight excluding hydrogens is 280 g/mol. The summed E-state index contributed by atoms with van der Waals surface area (Å²) in [5, 5.41) is 0. The van der Waals surface area contributed by atoms with E-state index in [0.717, 1.165) is 22.3 Å². The minimum Gasteiger partial charge on any atom is -0.312 e. The summed E-state index contributed by atoms with van der Waals surface area (Å²) in [5.41, 5.74) is 1.48. The second kappa shape index (κ2) is 4.57. The molecule has 0 atom stereocenters. The van der Waals surface area contributed by atoms with Gasteiger partial charge < -0.3 is 4.74 Å². The van der Waals surface area contributed by atoms with Crippen molar-refractivity contribution < 1.29 is 4.74 Å². The first kappa shape index (κ1) is 13.3. The molecule has 0 saturated heterocycles. The molecule has 0 fully saturated rings. The lowest BCUT2D eigenvalue weighted by atomic mass is 9.95. The highest BCUT2D eigenvalue weighted by Crippen LogP contribution is 2.45. The molecule has 2 aliphatic rings. The van der Waals surface area contributed by atoms with Crippen LogP contribution < -0.4 is 0 Å². The second-order valence-electron chi connectivity index (χ2n) is 5.34. The number of ether oxygens (including phenoxy) is 1. The molecule has 0 heterocycles. The lowest BCUT2D eigenvalue weighted by Gasteiger charge is -2.24. The van der Waals surface area contributed by atoms with E-state index in [1.165, 1.54) is 0 Å². The summed E-state index contributed by atoms with van der Waals surface area (Å²) in [7, 11) is 0. The molecule has 4 rings (SSSR count). The molecule has 0 saturated carbocycles. The Morgan fingerprint density at radius 1 is 0.696 bits per heavy atom. The van der Waals surface area contributed by atoms with E-state index in [1.54, 1.807) is 0 Å². The first-order valence-electron chi connectivity index (χ1n) is 7.14. The van der Waals surface area contributed by atoms with E-state index in [9.17, 15) is 0 Å². The lowest BCUT2D eigenvalue weighted by molar-refractivity contribution is -0.0129. The molecule has 1 nitrogen and oxygen atoms in total. The average molecular weight is 290 g/mol. The molecule has 0 amide bonds. The van der Waals surface area contributed by atoms with Crippen LogP contribution in [-0.4, -0.2) is 0 Å². The fourth-order valence-electron chi connectivity index (χ4n) is 2.66. The Hall–Kier alpha value is -3.36. The van der Waals surface area contributed by atoms with Gasteiger partial charge in [0.2, 0.25) is 11.2 Å². The van der Waals surface area contributed by atoms with Gasteiger partial charge in [-0.1, -0.05) is 48.2 Å². The van der Waals surface area contributed by atoms with Crippen LogP contribution in [0.5, 0.6) is 0 Å². The summed E-state index contributed by atoms with van der Waals surface area (Å²) in [4.78, 5) is 0. The van der Waals surface area contributed by atoms with Crippen molar-refractivity contribution in [2.24, 2.45) is 0 Å². The van der Waals surface area contributed by atoms with Gasteiger partial charge in [0, 0.05) is 22.3 Å². The molecule has 2 aliphatic carbocycles. The number of hydrogen-bond acceptors (Lipinski definition) is 1. The third-order valence-electron chi connectivity index (χ3n) is 3.93. The van der Waals surface area contributed by atoms with E-state index >= 15 is 0 Å². The predicted octanol–water partition coefficient (Wildman–Crippen LogP) is 2.79. The fraction of sp³-hybridized carbons (Fsp3) is 0.0909. The molecule has 2 aromatic carbocycles. The largest absolute Gasteiger partial charge is 0.312 e. The third-order valence-corrected chi connectivity index (χ3v) is 3.93. The van der Waals surface area contributed by atoms with Crippen molar-refractivity contribution in [3.63, 3.8) is 0 Å². The summed E-state index contributed by atoms with van der Waals surface area (Å²) >= 11 is 0. The zero-order valence-corrected chi connectivity index (χ0v) is 12.2. The molecule has 0 spiro atoms. The van der Waals surface area contributed by atoms with Crippen LogP contribution in [0.4, 0.5) is 0 Å². The normalized spacial score (nSPS) is 16.6. The van der Waals surface area contributed by atoms with E-state index in [2.05, 4.69) is 35.5 Å². The highest BCUT2D eigenvalue weighted by molar-refractivity contribution is 5.64. The van der Waals surface area contributed by atoms with Crippen molar-refractivity contribution in [3.8, 4) is 48.4 Å². The van der Waals surface area contributed by atoms with Gasteiger partial charge >= 0.3 is 0 Å². The quantitative estimate of drug-likeness (QED) is 0.787. The van der Waals surface area contributed by atoms with Gasteiger partial charge in [0.1, 0.15) is 0 Å². The van der Waals surface area contributed by atoms with Gasteiger partial charge in [0.25, 0.3) is 0 Å². The smallest absolute Gasteiger partial charge is 0.220 e. The Balaban J connectivity index is 1.71. The summed E-state index contributed by atoms with van der Waals surface area (Å²) in [6.07, 6.45) is 11.2. The maximum atomic E-state index is 6.27. The van der Waals surface area contributed by atoms with Crippen molar-refractivity contribution in [1.82, 2.24) is 0 Å². The van der Waals surface area contributed by atoms with Gasteiger partial charge in [-0.3, -0.25) is 0 Å². The maximum absolute atomic E-state index is 6.27. The molecule has 104 valence electrons. The summed E-state index contributed by atoms with van der Waals surface area (Å²) in [5.74, 6) is 17.5. The standard InChI is InChI=1S/C22H10O/c1-3-17-9-5-7-11-19(17)21(13-14-21)23-22(15-16-22)20-12-8-6-10-18(20)4-2/h1-2,5-12H. The molecule has 0 unspecified atom stereocenters. The van der Waals surface area contributed by atoms with Gasteiger partial charge in [0.05, 0.1) is 0 Å². The van der Waals surface area contributed by atoms with Gasteiger partial charge in [-0.15, -0.1) is 12.8 Å². The Kier molecular flexibility index (Phi) is 2.64. The SMILES string of the molecule is C#Cc1ccccc1C1(OC2(c3ccccc3C#C)C#C2)C#C1. The monoisotopic (exact) mass is 290 g/mol. The molecule has 0 radical (unpaired) electrons. The van der Waals surface area contributed by atoms with E-state index in [-0.39, 0.29) is 0 Å². The second-order valence-corrected chi connectivity index (χ2v) is 5.34. The van der Waals surface area contributed by atoms with Crippen molar-refractivity contribution >= 4 is 0 Å². The predicted molar refractivity (Wildman–Crippen MR) is 88.7 cm³/mol. The van der Waals surface area contributed by atoms with E-state index in [1.807, 2.05) is 48.5 Å². The summed E-state index contributed by atoms with van der Waals surface area (Å²) < 4.78 is 6.27. The van der Waals surface area contributed by atoms with Crippen molar-refractivity contribution in [2.45, 2.75) is 11.2 Å². The van der Waals surface area contributed by atoms with Gasteiger partial charge in [-0.05, 0) is 35.8 Å². The van der Waals surface area contributed by atoms with Crippen LogP contribution in [0.15, 0.2) is 48.5 Å². The van der Waals surface area contributed by atoms with Gasteiger partial charge in [0.15, 0.2) is 0 Å². The zero-order valence-electron chi connectivity index (χ0n) is 12.2. The fourth-order valence-corrected chi connectivity index (χ4v) is 2.66. The van der Waals surface area contributed by atoms with Crippen molar-refractivity contribution in [3.05, 3.63) is 70.8 Å². The average Bonchev–Trinajstić information content (AvgIpc) is 3.53. The van der Waals surface area contributed by atoms with Crippen molar-refractivity contribution in [1.29, 1.82) is 0 Å². The highest BCUT2D eigenvalue weighted by atomic mass is 16.5. The number of terminal acetylenes is 2. The first-order chi connectivity index (χ1) is 11.2. The van der Waals surface area contributed by atoms with Crippen molar-refractivity contribution in [2.75, 3.05) is 0 Å². The molecule has 1 heteroatoms. The van der Waals surface area contributed by atoms with Gasteiger partial charge in [-0.2, -0.15) is 0 Å². The molecule has 0 aromatic heterocycles. The molecular formula is C22H10O. The van der Waals surface area contributed by atoms with Crippen LogP contribution in [0, 0.1) is 48.4 Å². The minimum absolute atomic E-state index is 0.756. The summed E-state index contributed by atoms with van der Waals surface area (Å²) in [6, 6.07) is 15.2. The van der Waals surface area contributed by atoms with Gasteiger partial charge in [-0.25, -0.2) is 0 Å². The van der Waals surface area contributed by atoms with Crippen LogP contribution in [-0.2, 0) is 15.9 Å². The molecule has 0 bridgehead atoms. The lowest BCUT2D eigenvalue weighted by Crippen LogP contribution is -2.29. The van der Waals surface area contributed by atoms with E-state index < -0.39 is 11.2 Å². The van der Waals surface area contributed by atoms with E-state index in [0.29, 0.717) is 0 Å². The molecule has 23 heavy (non-hydrogen) atoms. The number of hydrogen-bond donors (Lipinski definition) is 0. The zero-order chi connectivity index (χ0) is 15.9. The van der Waals surface area contributed by atoms with Crippen LogP contribution in [0.2, 0.25) is 0 Å². The first-order valence-corrected chi connectivity index (χ1v) is 7.14. The minimum atomic E-state index is -0.860. The van der Waals surface area contributed by atoms with Crippen LogP contribution in [0.1, 0.15) is 22.3 Å². The van der Waals surface area contributed by atoms with E-state index in [4.69, 9.17) is 17.6 Å². The maximum Gasteiger partial charge on any atom is 0.220 e. The topological polar surface area (TPSA) is 9.23 Å². The summed E-state index contributed by atoms with van der Waals surface area (Å²) in [6.45, 7) is 0. The van der Waals surface area contributed by atoms with Crippen LogP contribution in [0.25, 0.3) is 0 Å². The molecule has 0 N–H and O–H groups in total. The Bertz CT molecular complexity index is 934. The molecule has 0 aliphatic heterocycles.